The van der Waals surface area contributed by atoms with Crippen molar-refractivity contribution in [2.24, 2.45) is 0 Å². The third-order valence-corrected chi connectivity index (χ3v) is 3.65. The molecule has 106 valence electrons. The molecule has 0 aliphatic heterocycles. The summed E-state index contributed by atoms with van der Waals surface area (Å²) in [6.07, 6.45) is 0.722. The van der Waals surface area contributed by atoms with E-state index in [1.54, 1.807) is 0 Å². The Kier molecular flexibility index (Phi) is 5.33. The number of hydrogen-bond donors (Lipinski definition) is 2. The van der Waals surface area contributed by atoms with Crippen LogP contribution in [0.2, 0.25) is 0 Å². The summed E-state index contributed by atoms with van der Waals surface area (Å²) in [6.45, 7) is 4.45. The molecular formula is C18H23NO. The van der Waals surface area contributed by atoms with E-state index in [1.165, 1.54) is 16.7 Å². The number of nitrogens with one attached hydrogen (secondary N) is 1. The van der Waals surface area contributed by atoms with Crippen LogP contribution in [0.1, 0.15) is 42.1 Å². The highest BCUT2D eigenvalue weighted by Gasteiger charge is 2.14. The molecule has 2 atom stereocenters. The summed E-state index contributed by atoms with van der Waals surface area (Å²) in [5.74, 6) is 0. The van der Waals surface area contributed by atoms with Gasteiger partial charge in [-0.2, -0.15) is 0 Å². The van der Waals surface area contributed by atoms with Gasteiger partial charge in [-0.05, 0) is 31.4 Å². The van der Waals surface area contributed by atoms with E-state index in [1.807, 2.05) is 18.2 Å². The maximum Gasteiger partial charge on any atom is 0.0449 e. The molecule has 0 bridgehead atoms. The van der Waals surface area contributed by atoms with E-state index in [0.717, 1.165) is 6.42 Å². The number of rotatable bonds is 6. The minimum absolute atomic E-state index is 0.178. The molecule has 0 amide bonds. The molecule has 2 aromatic rings. The van der Waals surface area contributed by atoms with Gasteiger partial charge in [-0.25, -0.2) is 0 Å². The molecule has 0 spiro atoms. The van der Waals surface area contributed by atoms with Crippen molar-refractivity contribution < 1.29 is 5.11 Å². The molecule has 0 aromatic heterocycles. The van der Waals surface area contributed by atoms with Gasteiger partial charge in [-0.1, -0.05) is 60.2 Å². The molecule has 0 fully saturated rings. The summed E-state index contributed by atoms with van der Waals surface area (Å²) in [4.78, 5) is 0. The summed E-state index contributed by atoms with van der Waals surface area (Å²) >= 11 is 0. The van der Waals surface area contributed by atoms with Crippen molar-refractivity contribution in [3.8, 4) is 0 Å². The van der Waals surface area contributed by atoms with Crippen LogP contribution in [0.25, 0.3) is 0 Å². The van der Waals surface area contributed by atoms with Crippen molar-refractivity contribution in [2.45, 2.75) is 32.4 Å². The van der Waals surface area contributed by atoms with Crippen LogP contribution in [0, 0.1) is 6.92 Å². The fourth-order valence-corrected chi connectivity index (χ4v) is 2.41. The second kappa shape index (κ2) is 7.22. The lowest BCUT2D eigenvalue weighted by Gasteiger charge is -2.23. The second-order valence-electron chi connectivity index (χ2n) is 5.27. The third kappa shape index (κ3) is 3.92. The van der Waals surface area contributed by atoms with E-state index in [0.29, 0.717) is 0 Å². The number of aliphatic hydroxyl groups is 1. The largest absolute Gasteiger partial charge is 0.396 e. The zero-order valence-electron chi connectivity index (χ0n) is 12.2. The highest BCUT2D eigenvalue weighted by molar-refractivity contribution is 5.25. The monoisotopic (exact) mass is 269 g/mol. The van der Waals surface area contributed by atoms with Gasteiger partial charge in [-0.15, -0.1) is 0 Å². The van der Waals surface area contributed by atoms with E-state index in [2.05, 4.69) is 55.6 Å². The molecule has 1 unspecified atom stereocenters. The van der Waals surface area contributed by atoms with Crippen LogP contribution < -0.4 is 5.32 Å². The molecule has 0 radical (unpaired) electrons. The Hall–Kier alpha value is -1.64. The average Bonchev–Trinajstić information content (AvgIpc) is 2.48. The predicted octanol–water partition coefficient (Wildman–Crippen LogP) is 3.77. The number of benzene rings is 2. The number of hydrogen-bond acceptors (Lipinski definition) is 2. The second-order valence-corrected chi connectivity index (χ2v) is 5.27. The van der Waals surface area contributed by atoms with Crippen molar-refractivity contribution >= 4 is 0 Å². The number of aliphatic hydroxyl groups excluding tert-OH is 1. The van der Waals surface area contributed by atoms with E-state index < -0.39 is 0 Å². The van der Waals surface area contributed by atoms with E-state index in [-0.39, 0.29) is 18.7 Å². The van der Waals surface area contributed by atoms with Crippen LogP contribution in [0.15, 0.2) is 54.6 Å². The van der Waals surface area contributed by atoms with Crippen LogP contribution in [0.4, 0.5) is 0 Å². The standard InChI is InChI=1S/C18H23NO/c1-14-8-10-16(11-9-14)15(2)19-18(12-13-20)17-6-4-3-5-7-17/h3-11,15,18-20H,12-13H2,1-2H3/t15?,18-/m1/s1. The molecule has 0 aliphatic rings. The first-order chi connectivity index (χ1) is 9.70. The highest BCUT2D eigenvalue weighted by atomic mass is 16.3. The third-order valence-electron chi connectivity index (χ3n) is 3.65. The molecule has 0 heterocycles. The lowest BCUT2D eigenvalue weighted by Crippen LogP contribution is -2.25. The van der Waals surface area contributed by atoms with Gasteiger partial charge in [0.2, 0.25) is 0 Å². The molecule has 2 nitrogen and oxygen atoms in total. The van der Waals surface area contributed by atoms with Crippen molar-refractivity contribution in [2.75, 3.05) is 6.61 Å². The minimum Gasteiger partial charge on any atom is -0.396 e. The van der Waals surface area contributed by atoms with E-state index in [9.17, 15) is 5.11 Å². The molecule has 0 saturated carbocycles. The van der Waals surface area contributed by atoms with Gasteiger partial charge >= 0.3 is 0 Å². The first kappa shape index (κ1) is 14.8. The zero-order valence-corrected chi connectivity index (χ0v) is 12.2. The molecule has 0 saturated heterocycles. The van der Waals surface area contributed by atoms with Crippen molar-refractivity contribution in [1.82, 2.24) is 5.32 Å². The van der Waals surface area contributed by atoms with Gasteiger partial charge in [-0.3, -0.25) is 0 Å². The number of aryl methyl sites for hydroxylation is 1. The fraction of sp³-hybridized carbons (Fsp3) is 0.333. The fourth-order valence-electron chi connectivity index (χ4n) is 2.41. The van der Waals surface area contributed by atoms with Crippen LogP contribution in [0.5, 0.6) is 0 Å². The van der Waals surface area contributed by atoms with Gasteiger partial charge in [0.15, 0.2) is 0 Å². The normalized spacial score (nSPS) is 13.9. The zero-order chi connectivity index (χ0) is 14.4. The van der Waals surface area contributed by atoms with Crippen LogP contribution in [-0.4, -0.2) is 11.7 Å². The SMILES string of the molecule is Cc1ccc(C(C)N[C@H](CCO)c2ccccc2)cc1. The summed E-state index contributed by atoms with van der Waals surface area (Å²) in [5.41, 5.74) is 3.77. The topological polar surface area (TPSA) is 32.3 Å². The maximum atomic E-state index is 9.28. The molecule has 0 aliphatic carbocycles. The molecule has 2 heteroatoms. The summed E-state index contributed by atoms with van der Waals surface area (Å²) in [5, 5.41) is 12.9. The van der Waals surface area contributed by atoms with Gasteiger partial charge in [0.05, 0.1) is 0 Å². The predicted molar refractivity (Wildman–Crippen MR) is 83.6 cm³/mol. The van der Waals surface area contributed by atoms with Gasteiger partial charge in [0, 0.05) is 18.7 Å². The van der Waals surface area contributed by atoms with Crippen LogP contribution in [-0.2, 0) is 0 Å². The van der Waals surface area contributed by atoms with Gasteiger partial charge in [0.25, 0.3) is 0 Å². The van der Waals surface area contributed by atoms with Crippen molar-refractivity contribution in [1.29, 1.82) is 0 Å². The Labute approximate surface area is 121 Å². The molecule has 2 N–H and O–H groups in total. The van der Waals surface area contributed by atoms with E-state index in [4.69, 9.17) is 0 Å². The molecule has 2 aromatic carbocycles. The first-order valence-corrected chi connectivity index (χ1v) is 7.19. The molecular weight excluding hydrogens is 246 g/mol. The smallest absolute Gasteiger partial charge is 0.0449 e. The Balaban J connectivity index is 2.10. The summed E-state index contributed by atoms with van der Waals surface area (Å²) in [6, 6.07) is 19.3. The lowest BCUT2D eigenvalue weighted by molar-refractivity contribution is 0.260. The Morgan fingerprint density at radius 2 is 1.60 bits per heavy atom. The maximum absolute atomic E-state index is 9.28. The van der Waals surface area contributed by atoms with Gasteiger partial charge < -0.3 is 10.4 Å². The minimum atomic E-state index is 0.178. The summed E-state index contributed by atoms with van der Waals surface area (Å²) in [7, 11) is 0. The molecule has 20 heavy (non-hydrogen) atoms. The average molecular weight is 269 g/mol. The van der Waals surface area contributed by atoms with Crippen molar-refractivity contribution in [3.63, 3.8) is 0 Å². The van der Waals surface area contributed by atoms with Gasteiger partial charge in [0.1, 0.15) is 0 Å². The van der Waals surface area contributed by atoms with E-state index >= 15 is 0 Å². The molecule has 2 rings (SSSR count). The quantitative estimate of drug-likeness (QED) is 0.836. The Bertz CT molecular complexity index is 507. The first-order valence-electron chi connectivity index (χ1n) is 7.19. The Morgan fingerprint density at radius 3 is 2.20 bits per heavy atom. The Morgan fingerprint density at radius 1 is 0.950 bits per heavy atom. The van der Waals surface area contributed by atoms with Crippen molar-refractivity contribution in [3.05, 3.63) is 71.3 Å². The summed E-state index contributed by atoms with van der Waals surface area (Å²) < 4.78 is 0. The van der Waals surface area contributed by atoms with Crippen LogP contribution in [0.3, 0.4) is 0 Å². The lowest BCUT2D eigenvalue weighted by atomic mass is 10.0. The van der Waals surface area contributed by atoms with Crippen LogP contribution >= 0.6 is 0 Å². The highest BCUT2D eigenvalue weighted by Crippen LogP contribution is 2.22.